The Morgan fingerprint density at radius 2 is 1.64 bits per heavy atom. The fourth-order valence-electron chi connectivity index (χ4n) is 12.0. The summed E-state index contributed by atoms with van der Waals surface area (Å²) in [6, 6.07) is 6.64. The molecule has 3 N–H and O–H groups in total. The van der Waals surface area contributed by atoms with Crippen molar-refractivity contribution in [1.82, 2.24) is 0 Å². The van der Waals surface area contributed by atoms with E-state index >= 15 is 0 Å². The van der Waals surface area contributed by atoms with Crippen LogP contribution in [0.1, 0.15) is 105 Å². The Morgan fingerprint density at radius 3 is 2.33 bits per heavy atom. The number of benzene rings is 1. The summed E-state index contributed by atoms with van der Waals surface area (Å²) in [7, 11) is 0. The minimum atomic E-state index is -0.773. The SMILES string of the molecule is C[C@H]1[C@@H](COC(=O)/C=C/c2ccc(O)cc2)CC[C@]2(C(=O)O)CC[C@]3(C)C(=CC[C@@H]4[C@@]5(C)CC[C@H](O)C(C)(C)[C@@H]5CC[C@]43C)[C@H]12. The zero-order chi connectivity index (χ0) is 32.6. The number of hydrogen-bond donors (Lipinski definition) is 3. The summed E-state index contributed by atoms with van der Waals surface area (Å²) in [6.07, 6.45) is 13.4. The number of aliphatic carboxylic acids is 1. The van der Waals surface area contributed by atoms with Crippen LogP contribution in [0.25, 0.3) is 6.08 Å². The van der Waals surface area contributed by atoms with Crippen LogP contribution < -0.4 is 0 Å². The second-order valence-corrected chi connectivity index (χ2v) is 16.8. The molecule has 5 aliphatic carbocycles. The van der Waals surface area contributed by atoms with Gasteiger partial charge in [-0.25, -0.2) is 4.79 Å². The molecule has 0 amide bonds. The lowest BCUT2D eigenvalue weighted by atomic mass is 9.33. The topological polar surface area (TPSA) is 104 Å². The molecule has 1 aromatic carbocycles. The third-order valence-electron chi connectivity index (χ3n) is 14.9. The van der Waals surface area contributed by atoms with Gasteiger partial charge in [-0.2, -0.15) is 0 Å². The molecule has 0 radical (unpaired) electrons. The molecule has 6 nitrogen and oxygen atoms in total. The van der Waals surface area contributed by atoms with Crippen molar-refractivity contribution in [2.75, 3.05) is 6.61 Å². The summed E-state index contributed by atoms with van der Waals surface area (Å²) in [4.78, 5) is 25.9. The first-order chi connectivity index (χ1) is 21.1. The molecular formula is C39H54O6. The predicted molar refractivity (Wildman–Crippen MR) is 175 cm³/mol. The number of esters is 1. The van der Waals surface area contributed by atoms with Crippen LogP contribution in [0.15, 0.2) is 42.0 Å². The van der Waals surface area contributed by atoms with Crippen molar-refractivity contribution in [1.29, 1.82) is 0 Å². The molecule has 6 rings (SSSR count). The van der Waals surface area contributed by atoms with Crippen LogP contribution in [0.5, 0.6) is 5.75 Å². The predicted octanol–water partition coefficient (Wildman–Crippen LogP) is 8.03. The summed E-state index contributed by atoms with van der Waals surface area (Å²) in [5.74, 6) is 0.167. The Labute approximate surface area is 269 Å². The lowest BCUT2D eigenvalue weighted by molar-refractivity contribution is -0.207. The molecule has 4 fully saturated rings. The molecule has 0 aliphatic heterocycles. The number of carboxylic acids is 1. The average Bonchev–Trinajstić information content (AvgIpc) is 2.98. The quantitative estimate of drug-likeness (QED) is 0.175. The minimum Gasteiger partial charge on any atom is -0.508 e. The molecule has 0 bridgehead atoms. The summed E-state index contributed by atoms with van der Waals surface area (Å²) in [5.41, 5.74) is 1.40. The van der Waals surface area contributed by atoms with Crippen molar-refractivity contribution < 1.29 is 29.6 Å². The van der Waals surface area contributed by atoms with E-state index in [4.69, 9.17) is 4.74 Å². The Morgan fingerprint density at radius 1 is 0.933 bits per heavy atom. The van der Waals surface area contributed by atoms with E-state index in [1.807, 2.05) is 0 Å². The van der Waals surface area contributed by atoms with E-state index in [1.54, 1.807) is 30.3 Å². The van der Waals surface area contributed by atoms with Gasteiger partial charge in [0.05, 0.1) is 18.1 Å². The second-order valence-electron chi connectivity index (χ2n) is 16.8. The van der Waals surface area contributed by atoms with Crippen molar-refractivity contribution in [3.63, 3.8) is 0 Å². The summed E-state index contributed by atoms with van der Waals surface area (Å²) < 4.78 is 5.78. The largest absolute Gasteiger partial charge is 0.508 e. The Hall–Kier alpha value is -2.60. The highest BCUT2D eigenvalue weighted by Gasteiger charge is 2.69. The highest BCUT2D eigenvalue weighted by Crippen LogP contribution is 2.75. The van der Waals surface area contributed by atoms with Gasteiger partial charge < -0.3 is 20.1 Å². The lowest BCUT2D eigenvalue weighted by Gasteiger charge is -2.71. The number of phenols is 1. The molecule has 6 heteroatoms. The number of allylic oxidation sites excluding steroid dienone is 2. The summed E-state index contributed by atoms with van der Waals surface area (Å²) >= 11 is 0. The van der Waals surface area contributed by atoms with Crippen molar-refractivity contribution in [2.24, 2.45) is 56.7 Å². The van der Waals surface area contributed by atoms with Crippen LogP contribution in [0, 0.1) is 56.7 Å². The van der Waals surface area contributed by atoms with Gasteiger partial charge in [0.25, 0.3) is 0 Å². The summed E-state index contributed by atoms with van der Waals surface area (Å²) in [5, 5.41) is 31.3. The Balaban J connectivity index is 1.27. The molecular weight excluding hydrogens is 564 g/mol. The van der Waals surface area contributed by atoms with Gasteiger partial charge in [-0.15, -0.1) is 0 Å². The van der Waals surface area contributed by atoms with Gasteiger partial charge in [-0.1, -0.05) is 65.3 Å². The molecule has 4 saturated carbocycles. The molecule has 10 atom stereocenters. The van der Waals surface area contributed by atoms with Crippen LogP contribution in [0.3, 0.4) is 0 Å². The van der Waals surface area contributed by atoms with Crippen molar-refractivity contribution >= 4 is 18.0 Å². The fraction of sp³-hybridized carbons (Fsp3) is 0.692. The van der Waals surface area contributed by atoms with Crippen LogP contribution in [-0.2, 0) is 14.3 Å². The van der Waals surface area contributed by atoms with Crippen LogP contribution in [-0.4, -0.2) is 40.0 Å². The van der Waals surface area contributed by atoms with Crippen LogP contribution in [0.4, 0.5) is 0 Å². The average molecular weight is 619 g/mol. The van der Waals surface area contributed by atoms with Gasteiger partial charge in [-0.05, 0) is 133 Å². The first-order valence-electron chi connectivity index (χ1n) is 17.4. The van der Waals surface area contributed by atoms with Gasteiger partial charge in [0, 0.05) is 6.08 Å². The molecule has 0 saturated heterocycles. The molecule has 246 valence electrons. The molecule has 5 aliphatic rings. The zero-order valence-corrected chi connectivity index (χ0v) is 28.1. The third-order valence-corrected chi connectivity index (χ3v) is 14.9. The smallest absolute Gasteiger partial charge is 0.330 e. The molecule has 0 unspecified atom stereocenters. The number of carboxylic acid groups (broad SMARTS) is 1. The van der Waals surface area contributed by atoms with Gasteiger partial charge >= 0.3 is 11.9 Å². The number of rotatable bonds is 5. The number of carbonyl (C=O) groups excluding carboxylic acids is 1. The number of aliphatic hydroxyl groups is 1. The van der Waals surface area contributed by atoms with Gasteiger partial charge in [-0.3, -0.25) is 4.79 Å². The number of phenolic OH excluding ortho intramolecular Hbond substituents is 1. The molecule has 0 spiro atoms. The number of ether oxygens (including phenoxy) is 1. The van der Waals surface area contributed by atoms with Gasteiger partial charge in [0.1, 0.15) is 5.75 Å². The van der Waals surface area contributed by atoms with Crippen LogP contribution in [0.2, 0.25) is 0 Å². The molecule has 0 aromatic heterocycles. The standard InChI is InChI=1S/C39H54O6/c1-24-26(23-45-32(42)14-9-25-7-10-27(40)11-8-25)15-20-39(34(43)44)22-21-37(5)28(33(24)39)12-13-30-36(4)18-17-31(41)35(2,3)29(36)16-19-38(30,37)6/h7-12,14,24,26,29-31,33,40-41H,13,15-23H2,1-6H3,(H,43,44)/b14-9+/t24-,26+,29-,30+,31-,33-,36-,37+,38+,39-/m0/s1. The molecule has 1 aromatic rings. The number of fused-ring (bicyclic) bond motifs is 7. The van der Waals surface area contributed by atoms with E-state index in [9.17, 15) is 24.9 Å². The Kier molecular flexibility index (Phi) is 7.90. The lowest BCUT2D eigenvalue weighted by Crippen LogP contribution is -2.65. The van der Waals surface area contributed by atoms with Gasteiger partial charge in [0.2, 0.25) is 0 Å². The first-order valence-corrected chi connectivity index (χ1v) is 17.4. The maximum atomic E-state index is 13.2. The fourth-order valence-corrected chi connectivity index (χ4v) is 12.0. The zero-order valence-electron chi connectivity index (χ0n) is 28.1. The minimum absolute atomic E-state index is 0.0590. The monoisotopic (exact) mass is 618 g/mol. The van der Waals surface area contributed by atoms with E-state index in [2.05, 4.69) is 47.6 Å². The maximum Gasteiger partial charge on any atom is 0.330 e. The molecule has 0 heterocycles. The molecule has 45 heavy (non-hydrogen) atoms. The second kappa shape index (κ2) is 11.0. The number of carbonyl (C=O) groups is 2. The number of hydrogen-bond acceptors (Lipinski definition) is 5. The van der Waals surface area contributed by atoms with Gasteiger partial charge in [0.15, 0.2) is 0 Å². The normalized spacial score (nSPS) is 43.7. The number of aliphatic hydroxyl groups excluding tert-OH is 1. The van der Waals surface area contributed by atoms with Crippen molar-refractivity contribution in [3.8, 4) is 5.75 Å². The number of aromatic hydroxyl groups is 1. The highest BCUT2D eigenvalue weighted by atomic mass is 16.5. The van der Waals surface area contributed by atoms with Crippen molar-refractivity contribution in [3.05, 3.63) is 47.6 Å². The van der Waals surface area contributed by atoms with Crippen molar-refractivity contribution in [2.45, 2.75) is 105 Å². The van der Waals surface area contributed by atoms with Crippen LogP contribution >= 0.6 is 0 Å². The van der Waals surface area contributed by atoms with E-state index in [0.717, 1.165) is 50.5 Å². The van der Waals surface area contributed by atoms with E-state index < -0.39 is 17.4 Å². The highest BCUT2D eigenvalue weighted by molar-refractivity contribution is 5.87. The summed E-state index contributed by atoms with van der Waals surface area (Å²) in [6.45, 7) is 14.5. The Bertz CT molecular complexity index is 1390. The van der Waals surface area contributed by atoms with E-state index in [1.165, 1.54) is 11.6 Å². The van der Waals surface area contributed by atoms with E-state index in [0.29, 0.717) is 24.7 Å². The maximum absolute atomic E-state index is 13.2. The first kappa shape index (κ1) is 32.3. The third kappa shape index (κ3) is 4.74. The van der Waals surface area contributed by atoms with E-state index in [-0.39, 0.29) is 57.9 Å².